The smallest absolute Gasteiger partial charge is 0.285 e. The van der Waals surface area contributed by atoms with E-state index in [1.807, 2.05) is 23.2 Å². The molecule has 184 valence electrons. The van der Waals surface area contributed by atoms with Crippen LogP contribution in [0.5, 0.6) is 0 Å². The van der Waals surface area contributed by atoms with E-state index in [1.165, 1.54) is 76.5 Å². The van der Waals surface area contributed by atoms with Crippen molar-refractivity contribution in [3.05, 3.63) is 103 Å². The summed E-state index contributed by atoms with van der Waals surface area (Å²) in [4.78, 5) is 5.38. The number of rotatable bonds is 0. The summed E-state index contributed by atoms with van der Waals surface area (Å²) in [6.45, 7) is 7.07. The summed E-state index contributed by atoms with van der Waals surface area (Å²) in [6, 6.07) is 36.9. The molecular formula is C34H25B2NS2. The molecule has 0 radical (unpaired) electrons. The number of anilines is 3. The maximum Gasteiger partial charge on any atom is 0.285 e. The van der Waals surface area contributed by atoms with Crippen LogP contribution in [0.2, 0.25) is 0 Å². The highest BCUT2D eigenvalue weighted by Crippen LogP contribution is 2.49. The van der Waals surface area contributed by atoms with Crippen LogP contribution in [0.1, 0.15) is 26.3 Å². The van der Waals surface area contributed by atoms with Crippen LogP contribution in [0.4, 0.5) is 17.1 Å². The van der Waals surface area contributed by atoms with Crippen molar-refractivity contribution in [3.8, 4) is 22.3 Å². The van der Waals surface area contributed by atoms with Crippen LogP contribution in [0, 0.1) is 0 Å². The summed E-state index contributed by atoms with van der Waals surface area (Å²) in [7, 11) is 0. The van der Waals surface area contributed by atoms with Gasteiger partial charge in [-0.3, -0.25) is 0 Å². The first-order chi connectivity index (χ1) is 19.0. The quantitative estimate of drug-likeness (QED) is 0.201. The molecule has 0 saturated carbocycles. The Morgan fingerprint density at radius 1 is 0.564 bits per heavy atom. The summed E-state index contributed by atoms with van der Waals surface area (Å²) in [6.07, 6.45) is 0. The summed E-state index contributed by atoms with van der Waals surface area (Å²) in [5, 5.41) is 0. The molecule has 5 aromatic rings. The molecule has 0 amide bonds. The summed E-state index contributed by atoms with van der Waals surface area (Å²) in [5.74, 6) is 0.563. The molecule has 0 aromatic heterocycles. The van der Waals surface area contributed by atoms with Crippen LogP contribution in [0.3, 0.4) is 0 Å². The summed E-state index contributed by atoms with van der Waals surface area (Å²) >= 11 is 4.07. The third-order valence-corrected chi connectivity index (χ3v) is 11.5. The lowest BCUT2D eigenvalue weighted by Gasteiger charge is -2.46. The number of fused-ring (bicyclic) bond motifs is 8. The maximum atomic E-state index is 2.62. The zero-order valence-electron chi connectivity index (χ0n) is 22.2. The first kappa shape index (κ1) is 22.5. The minimum Gasteiger partial charge on any atom is -0.312 e. The molecule has 4 heterocycles. The Hall–Kier alpha value is -3.27. The molecule has 0 bridgehead atoms. The number of hydrogen-bond acceptors (Lipinski definition) is 3. The Bertz CT molecular complexity index is 1760. The zero-order valence-corrected chi connectivity index (χ0v) is 23.8. The Labute approximate surface area is 239 Å². The van der Waals surface area contributed by atoms with Crippen LogP contribution in [0.15, 0.2) is 107 Å². The Morgan fingerprint density at radius 3 is 1.51 bits per heavy atom. The van der Waals surface area contributed by atoms with E-state index in [0.29, 0.717) is 0 Å². The highest BCUT2D eigenvalue weighted by Gasteiger charge is 2.48. The van der Waals surface area contributed by atoms with E-state index < -0.39 is 0 Å². The molecule has 4 aliphatic rings. The molecular weight excluding hydrogens is 508 g/mol. The van der Waals surface area contributed by atoms with E-state index in [0.717, 1.165) is 0 Å². The average Bonchev–Trinajstić information content (AvgIpc) is 2.96. The maximum absolute atomic E-state index is 2.62. The Morgan fingerprint density at radius 2 is 1.03 bits per heavy atom. The van der Waals surface area contributed by atoms with Gasteiger partial charge < -0.3 is 4.90 Å². The monoisotopic (exact) mass is 533 g/mol. The molecule has 0 saturated heterocycles. The van der Waals surface area contributed by atoms with Gasteiger partial charge in [-0.05, 0) is 79.3 Å². The second kappa shape index (κ2) is 7.68. The zero-order chi connectivity index (χ0) is 26.0. The Balaban J connectivity index is 1.42. The second-order valence-corrected chi connectivity index (χ2v) is 14.3. The first-order valence-corrected chi connectivity index (χ1v) is 15.5. The van der Waals surface area contributed by atoms with Gasteiger partial charge >= 0.3 is 0 Å². The van der Waals surface area contributed by atoms with Crippen molar-refractivity contribution in [1.82, 2.24) is 0 Å². The van der Waals surface area contributed by atoms with E-state index in [-0.39, 0.29) is 17.4 Å². The fraction of sp³-hybridized carbons (Fsp3) is 0.118. The van der Waals surface area contributed by atoms with Gasteiger partial charge in [-0.2, -0.15) is 23.2 Å². The second-order valence-electron chi connectivity index (χ2n) is 12.1. The fourth-order valence-corrected chi connectivity index (χ4v) is 9.83. The van der Waals surface area contributed by atoms with Crippen molar-refractivity contribution in [2.75, 3.05) is 4.90 Å². The average molecular weight is 533 g/mol. The van der Waals surface area contributed by atoms with E-state index in [4.69, 9.17) is 0 Å². The molecule has 0 fully saturated rings. The lowest BCUT2D eigenvalue weighted by atomic mass is 9.49. The molecule has 0 atom stereocenters. The van der Waals surface area contributed by atoms with Crippen LogP contribution in [0.25, 0.3) is 22.3 Å². The van der Waals surface area contributed by atoms with E-state index in [9.17, 15) is 0 Å². The number of nitrogens with zero attached hydrogens (tertiary/aromatic N) is 1. The van der Waals surface area contributed by atoms with Crippen molar-refractivity contribution in [1.29, 1.82) is 0 Å². The highest BCUT2D eigenvalue weighted by molar-refractivity contribution is 8.29. The normalized spacial score (nSPS) is 15.2. The van der Waals surface area contributed by atoms with Gasteiger partial charge in [-0.15, -0.1) is 0 Å². The van der Waals surface area contributed by atoms with Crippen LogP contribution in [-0.4, -0.2) is 12.0 Å². The Kier molecular flexibility index (Phi) is 4.44. The SMILES string of the molecule is CC(C)(C)c1cc2c3c(c1)B1Sc4ccccc4-c4cccc(c41)N3c1cccc3c1B2Sc1ccccc1-3. The lowest BCUT2D eigenvalue weighted by Crippen LogP contribution is -2.59. The lowest BCUT2D eigenvalue weighted by molar-refractivity contribution is 0.591. The molecule has 5 heteroatoms. The molecule has 5 aromatic carbocycles. The molecule has 9 rings (SSSR count). The molecule has 39 heavy (non-hydrogen) atoms. The molecule has 0 unspecified atom stereocenters. The van der Waals surface area contributed by atoms with Gasteiger partial charge in [0.25, 0.3) is 12.0 Å². The van der Waals surface area contributed by atoms with Gasteiger partial charge in [0.2, 0.25) is 0 Å². The van der Waals surface area contributed by atoms with Crippen LogP contribution in [-0.2, 0) is 5.41 Å². The first-order valence-electron chi connectivity index (χ1n) is 13.8. The van der Waals surface area contributed by atoms with Crippen molar-refractivity contribution < 1.29 is 0 Å². The van der Waals surface area contributed by atoms with Crippen molar-refractivity contribution >= 4 is 74.1 Å². The van der Waals surface area contributed by atoms with Gasteiger partial charge in [0, 0.05) is 26.9 Å². The number of hydrogen-bond donors (Lipinski definition) is 0. The van der Waals surface area contributed by atoms with Crippen LogP contribution >= 0.6 is 23.2 Å². The number of benzene rings is 5. The third kappa shape index (κ3) is 2.93. The minimum atomic E-state index is 0.0600. The van der Waals surface area contributed by atoms with Gasteiger partial charge in [0.05, 0.1) is 0 Å². The largest absolute Gasteiger partial charge is 0.312 e. The summed E-state index contributed by atoms with van der Waals surface area (Å²) in [5.41, 5.74) is 16.9. The van der Waals surface area contributed by atoms with E-state index in [2.05, 4.69) is 123 Å². The predicted molar refractivity (Wildman–Crippen MR) is 172 cm³/mol. The molecule has 4 aliphatic heterocycles. The topological polar surface area (TPSA) is 3.24 Å². The predicted octanol–water partition coefficient (Wildman–Crippen LogP) is 6.84. The highest BCUT2D eigenvalue weighted by atomic mass is 32.2. The molecule has 0 N–H and O–H groups in total. The molecule has 0 spiro atoms. The molecule has 0 aliphatic carbocycles. The van der Waals surface area contributed by atoms with Gasteiger partial charge in [-0.1, -0.05) is 93.6 Å². The van der Waals surface area contributed by atoms with Crippen molar-refractivity contribution in [3.63, 3.8) is 0 Å². The van der Waals surface area contributed by atoms with E-state index >= 15 is 0 Å². The summed E-state index contributed by atoms with van der Waals surface area (Å²) < 4.78 is 0. The van der Waals surface area contributed by atoms with Gasteiger partial charge in [0.1, 0.15) is 0 Å². The van der Waals surface area contributed by atoms with E-state index in [1.54, 1.807) is 0 Å². The fourth-order valence-electron chi connectivity index (χ4n) is 7.05. The molecule has 1 nitrogen and oxygen atoms in total. The van der Waals surface area contributed by atoms with Crippen molar-refractivity contribution in [2.45, 2.75) is 36.0 Å². The minimum absolute atomic E-state index is 0.0600. The standard InChI is InChI=1S/C34H25B2NS2/c1-34(2,3)20-18-25-33-26(19-20)36-32-24(22-11-5-7-17-30(22)39-36)13-9-15-28(32)37(33)27-14-8-12-23-21-10-4-6-16-29(21)38-35(25)31(23)27/h4-19H,1-3H3. The van der Waals surface area contributed by atoms with Crippen molar-refractivity contribution in [2.24, 2.45) is 0 Å². The van der Waals surface area contributed by atoms with Gasteiger partial charge in [0.15, 0.2) is 0 Å². The van der Waals surface area contributed by atoms with Crippen LogP contribution < -0.4 is 26.8 Å². The third-order valence-electron chi connectivity index (χ3n) is 8.84. The van der Waals surface area contributed by atoms with Gasteiger partial charge in [-0.25, -0.2) is 0 Å².